The van der Waals surface area contributed by atoms with Crippen LogP contribution in [0.1, 0.15) is 18.2 Å². The summed E-state index contributed by atoms with van der Waals surface area (Å²) in [4.78, 5) is 14.7. The molecule has 0 bridgehead atoms. The molecule has 1 aromatic rings. The van der Waals surface area contributed by atoms with E-state index in [1.54, 1.807) is 6.07 Å². The minimum absolute atomic E-state index is 0.255. The highest BCUT2D eigenvalue weighted by Crippen LogP contribution is 2.17. The molecule has 0 radical (unpaired) electrons. The second-order valence-corrected chi connectivity index (χ2v) is 3.31. The molecule has 0 saturated carbocycles. The molecule has 0 saturated heterocycles. The van der Waals surface area contributed by atoms with E-state index in [1.165, 1.54) is 19.4 Å². The number of nitrogens with zero attached hydrogens (tertiary/aromatic N) is 1. The zero-order chi connectivity index (χ0) is 12.1. The number of nitrogens with two attached hydrogens (primary N) is 1. The predicted octanol–water partition coefficient (Wildman–Crippen LogP) is -0.379. The summed E-state index contributed by atoms with van der Waals surface area (Å²) in [6, 6.07) is 3.04. The topological polar surface area (TPSA) is 106 Å². The van der Waals surface area contributed by atoms with Crippen LogP contribution < -0.4 is 5.73 Å². The van der Waals surface area contributed by atoms with Crippen LogP contribution in [0.2, 0.25) is 0 Å². The molecule has 0 aromatic carbocycles. The van der Waals surface area contributed by atoms with Gasteiger partial charge in [-0.3, -0.25) is 9.78 Å². The zero-order valence-corrected chi connectivity index (χ0v) is 8.83. The molecule has 0 spiro atoms. The van der Waals surface area contributed by atoms with Crippen molar-refractivity contribution in [2.75, 3.05) is 12.8 Å². The first-order valence-corrected chi connectivity index (χ1v) is 4.69. The SMILES string of the molecule is COC(=O)CC(O)C(O)c1ccc(N)cn1. The first-order chi connectivity index (χ1) is 7.54. The summed E-state index contributed by atoms with van der Waals surface area (Å²) in [6.45, 7) is 0. The van der Waals surface area contributed by atoms with Crippen molar-refractivity contribution in [3.8, 4) is 0 Å². The fourth-order valence-corrected chi connectivity index (χ4v) is 1.15. The lowest BCUT2D eigenvalue weighted by molar-refractivity contribution is -0.144. The highest BCUT2D eigenvalue weighted by Gasteiger charge is 2.22. The third-order valence-corrected chi connectivity index (χ3v) is 2.08. The second-order valence-electron chi connectivity index (χ2n) is 3.31. The van der Waals surface area contributed by atoms with Crippen LogP contribution in [0.3, 0.4) is 0 Å². The van der Waals surface area contributed by atoms with Gasteiger partial charge in [-0.1, -0.05) is 0 Å². The fraction of sp³-hybridized carbons (Fsp3) is 0.400. The number of aromatic nitrogens is 1. The first-order valence-electron chi connectivity index (χ1n) is 4.69. The van der Waals surface area contributed by atoms with Crippen molar-refractivity contribution in [1.82, 2.24) is 4.98 Å². The van der Waals surface area contributed by atoms with Crippen molar-refractivity contribution < 1.29 is 19.7 Å². The van der Waals surface area contributed by atoms with Crippen LogP contribution >= 0.6 is 0 Å². The number of methoxy groups -OCH3 is 1. The maximum absolute atomic E-state index is 10.9. The Hall–Kier alpha value is -1.66. The van der Waals surface area contributed by atoms with Crippen LogP contribution in [0.4, 0.5) is 5.69 Å². The first kappa shape index (κ1) is 12.4. The van der Waals surface area contributed by atoms with Gasteiger partial charge in [0.25, 0.3) is 0 Å². The number of hydrogen-bond acceptors (Lipinski definition) is 6. The van der Waals surface area contributed by atoms with Crippen LogP contribution in [0.5, 0.6) is 0 Å². The van der Waals surface area contributed by atoms with Gasteiger partial charge in [-0.2, -0.15) is 0 Å². The van der Waals surface area contributed by atoms with Crippen LogP contribution in [0.25, 0.3) is 0 Å². The van der Waals surface area contributed by atoms with E-state index in [-0.39, 0.29) is 12.1 Å². The lowest BCUT2D eigenvalue weighted by atomic mass is 10.1. The van der Waals surface area contributed by atoms with Crippen molar-refractivity contribution in [2.24, 2.45) is 0 Å². The monoisotopic (exact) mass is 226 g/mol. The minimum atomic E-state index is -1.25. The summed E-state index contributed by atoms with van der Waals surface area (Å²) in [5, 5.41) is 19.2. The largest absolute Gasteiger partial charge is 0.469 e. The average Bonchev–Trinajstić information content (AvgIpc) is 2.28. The molecule has 0 aliphatic carbocycles. The molecular weight excluding hydrogens is 212 g/mol. The molecule has 6 heteroatoms. The molecular formula is C10H14N2O4. The van der Waals surface area contributed by atoms with Gasteiger partial charge in [0.1, 0.15) is 6.10 Å². The number of esters is 1. The molecule has 0 aliphatic heterocycles. The Bertz CT molecular complexity index is 352. The fourth-order valence-electron chi connectivity index (χ4n) is 1.15. The van der Waals surface area contributed by atoms with E-state index in [0.29, 0.717) is 5.69 Å². The molecule has 2 atom stereocenters. The summed E-state index contributed by atoms with van der Waals surface area (Å²) in [7, 11) is 1.21. The normalized spacial score (nSPS) is 14.2. The van der Waals surface area contributed by atoms with E-state index in [0.717, 1.165) is 0 Å². The minimum Gasteiger partial charge on any atom is -0.469 e. The maximum Gasteiger partial charge on any atom is 0.308 e. The number of anilines is 1. The Labute approximate surface area is 92.7 Å². The molecule has 1 heterocycles. The number of hydrogen-bond donors (Lipinski definition) is 3. The molecule has 1 rings (SSSR count). The van der Waals surface area contributed by atoms with E-state index in [1.807, 2.05) is 0 Å². The van der Waals surface area contributed by atoms with Crippen molar-refractivity contribution >= 4 is 11.7 Å². The van der Waals surface area contributed by atoms with Gasteiger partial charge in [-0.25, -0.2) is 0 Å². The van der Waals surface area contributed by atoms with Gasteiger partial charge in [0, 0.05) is 0 Å². The zero-order valence-electron chi connectivity index (χ0n) is 8.83. The summed E-state index contributed by atoms with van der Waals surface area (Å²) in [5.41, 5.74) is 6.14. The van der Waals surface area contributed by atoms with Crippen molar-refractivity contribution in [3.63, 3.8) is 0 Å². The molecule has 2 unspecified atom stereocenters. The third kappa shape index (κ3) is 3.18. The van der Waals surface area contributed by atoms with Gasteiger partial charge >= 0.3 is 5.97 Å². The molecule has 16 heavy (non-hydrogen) atoms. The van der Waals surface area contributed by atoms with E-state index in [2.05, 4.69) is 9.72 Å². The Balaban J connectivity index is 2.66. The Kier molecular flexibility index (Phi) is 4.21. The predicted molar refractivity (Wildman–Crippen MR) is 56.2 cm³/mol. The summed E-state index contributed by atoms with van der Waals surface area (Å²) < 4.78 is 4.38. The van der Waals surface area contributed by atoms with Gasteiger partial charge in [0.2, 0.25) is 0 Å². The average molecular weight is 226 g/mol. The van der Waals surface area contributed by atoms with Crippen LogP contribution in [0.15, 0.2) is 18.3 Å². The van der Waals surface area contributed by atoms with Crippen LogP contribution in [-0.2, 0) is 9.53 Å². The number of carbonyl (C=O) groups excluding carboxylic acids is 1. The second kappa shape index (κ2) is 5.43. The molecule has 1 aromatic heterocycles. The Morgan fingerprint density at radius 2 is 2.25 bits per heavy atom. The van der Waals surface area contributed by atoms with Crippen molar-refractivity contribution in [1.29, 1.82) is 0 Å². The highest BCUT2D eigenvalue weighted by molar-refractivity contribution is 5.69. The summed E-state index contributed by atoms with van der Waals surface area (Å²) in [5.74, 6) is -0.595. The Morgan fingerprint density at radius 1 is 1.56 bits per heavy atom. The number of ether oxygens (including phenoxy) is 1. The van der Waals surface area contributed by atoms with Gasteiger partial charge < -0.3 is 20.7 Å². The lowest BCUT2D eigenvalue weighted by Crippen LogP contribution is -2.23. The van der Waals surface area contributed by atoms with E-state index >= 15 is 0 Å². The molecule has 4 N–H and O–H groups in total. The van der Waals surface area contributed by atoms with Crippen LogP contribution in [-0.4, -0.2) is 34.4 Å². The van der Waals surface area contributed by atoms with E-state index in [4.69, 9.17) is 5.73 Å². The maximum atomic E-state index is 10.9. The quantitative estimate of drug-likeness (QED) is 0.604. The number of rotatable bonds is 4. The molecule has 0 aliphatic rings. The summed E-state index contributed by atoms with van der Waals surface area (Å²) in [6.07, 6.45) is -1.41. The summed E-state index contributed by atoms with van der Waals surface area (Å²) >= 11 is 0. The number of aliphatic hydroxyl groups excluding tert-OH is 2. The van der Waals surface area contributed by atoms with E-state index in [9.17, 15) is 15.0 Å². The van der Waals surface area contributed by atoms with Gasteiger partial charge in [-0.05, 0) is 12.1 Å². The lowest BCUT2D eigenvalue weighted by Gasteiger charge is -2.16. The van der Waals surface area contributed by atoms with Crippen LogP contribution in [0, 0.1) is 0 Å². The van der Waals surface area contributed by atoms with E-state index < -0.39 is 18.2 Å². The molecule has 6 nitrogen and oxygen atoms in total. The van der Waals surface area contributed by atoms with Gasteiger partial charge in [0.15, 0.2) is 0 Å². The van der Waals surface area contributed by atoms with Gasteiger partial charge in [-0.15, -0.1) is 0 Å². The van der Waals surface area contributed by atoms with Crippen molar-refractivity contribution in [2.45, 2.75) is 18.6 Å². The van der Waals surface area contributed by atoms with Crippen molar-refractivity contribution in [3.05, 3.63) is 24.0 Å². The smallest absolute Gasteiger partial charge is 0.308 e. The number of aliphatic hydroxyl groups is 2. The number of pyridine rings is 1. The number of carbonyl (C=O) groups is 1. The molecule has 0 amide bonds. The third-order valence-electron chi connectivity index (χ3n) is 2.08. The van der Waals surface area contributed by atoms with Gasteiger partial charge in [0.05, 0.1) is 37.2 Å². The highest BCUT2D eigenvalue weighted by atomic mass is 16.5. The standard InChI is InChI=1S/C10H14N2O4/c1-16-9(14)4-8(13)10(15)7-3-2-6(11)5-12-7/h2-3,5,8,10,13,15H,4,11H2,1H3. The Morgan fingerprint density at radius 3 is 2.75 bits per heavy atom. The molecule has 88 valence electrons. The number of nitrogen functional groups attached to an aromatic ring is 1. The molecule has 0 fully saturated rings.